The first-order valence-electron chi connectivity index (χ1n) is 8.74. The van der Waals surface area contributed by atoms with Crippen molar-refractivity contribution in [1.29, 1.82) is 0 Å². The molecular formula is C20H16N6O3. The van der Waals surface area contributed by atoms with Gasteiger partial charge in [-0.3, -0.25) is 19.6 Å². The van der Waals surface area contributed by atoms with Gasteiger partial charge in [0.1, 0.15) is 5.69 Å². The zero-order valence-electron chi connectivity index (χ0n) is 15.2. The zero-order valence-corrected chi connectivity index (χ0v) is 15.2. The van der Waals surface area contributed by atoms with Crippen LogP contribution in [0.25, 0.3) is 5.69 Å². The number of benzene rings is 2. The van der Waals surface area contributed by atoms with Crippen molar-refractivity contribution in [1.82, 2.24) is 19.3 Å². The van der Waals surface area contributed by atoms with Gasteiger partial charge in [-0.25, -0.2) is 4.98 Å². The average molecular weight is 388 g/mol. The summed E-state index contributed by atoms with van der Waals surface area (Å²) in [7, 11) is 0. The number of hydrogen-bond donors (Lipinski definition) is 1. The van der Waals surface area contributed by atoms with Crippen molar-refractivity contribution in [2.45, 2.75) is 6.54 Å². The Balaban J connectivity index is 1.51. The Hall–Kier alpha value is -4.27. The first-order valence-corrected chi connectivity index (χ1v) is 8.74. The molecule has 4 aromatic rings. The number of hydrogen-bond acceptors (Lipinski definition) is 5. The second-order valence-corrected chi connectivity index (χ2v) is 6.30. The summed E-state index contributed by atoms with van der Waals surface area (Å²) in [5, 5.41) is 18.4. The second kappa shape index (κ2) is 7.77. The van der Waals surface area contributed by atoms with Gasteiger partial charge in [-0.1, -0.05) is 30.3 Å². The molecule has 0 atom stereocenters. The minimum Gasteiger partial charge on any atom is -0.319 e. The van der Waals surface area contributed by atoms with Crippen LogP contribution >= 0.6 is 0 Å². The minimum atomic E-state index is -0.524. The van der Waals surface area contributed by atoms with Crippen LogP contribution in [-0.4, -0.2) is 30.2 Å². The topological polar surface area (TPSA) is 108 Å². The zero-order chi connectivity index (χ0) is 20.2. The van der Waals surface area contributed by atoms with E-state index in [-0.39, 0.29) is 11.3 Å². The summed E-state index contributed by atoms with van der Waals surface area (Å²) in [5.74, 6) is -0.454. The summed E-state index contributed by atoms with van der Waals surface area (Å²) in [6.45, 7) is 0.571. The van der Waals surface area contributed by atoms with E-state index in [2.05, 4.69) is 15.4 Å². The molecule has 0 saturated heterocycles. The maximum atomic E-state index is 12.6. The molecule has 2 heterocycles. The molecule has 0 fully saturated rings. The molecule has 144 valence electrons. The lowest BCUT2D eigenvalue weighted by atomic mass is 10.1. The van der Waals surface area contributed by atoms with Gasteiger partial charge in [0.15, 0.2) is 0 Å². The number of nitrogens with zero attached hydrogens (tertiary/aromatic N) is 5. The van der Waals surface area contributed by atoms with E-state index in [9.17, 15) is 14.9 Å². The molecule has 9 heteroatoms. The van der Waals surface area contributed by atoms with E-state index < -0.39 is 10.8 Å². The lowest BCUT2D eigenvalue weighted by molar-refractivity contribution is -0.384. The quantitative estimate of drug-likeness (QED) is 0.403. The Bertz CT molecular complexity index is 1150. The fourth-order valence-corrected chi connectivity index (χ4v) is 2.92. The Morgan fingerprint density at radius 3 is 2.72 bits per heavy atom. The normalized spacial score (nSPS) is 10.6. The van der Waals surface area contributed by atoms with Gasteiger partial charge in [0.25, 0.3) is 11.6 Å². The molecule has 0 spiro atoms. The number of carbonyl (C=O) groups excluding carboxylic acids is 1. The number of rotatable bonds is 6. The van der Waals surface area contributed by atoms with E-state index in [4.69, 9.17) is 0 Å². The Kier molecular flexibility index (Phi) is 4.85. The van der Waals surface area contributed by atoms with Gasteiger partial charge < -0.3 is 9.88 Å². The number of aromatic nitrogens is 4. The molecule has 9 nitrogen and oxygen atoms in total. The lowest BCUT2D eigenvalue weighted by Crippen LogP contribution is -2.12. The standard InChI is InChI=1S/C20H16N6O3/c27-20(23-17-11-22-25(13-17)12-15-4-2-1-3-5-15)16-6-7-18(19(10-16)26(28)29)24-9-8-21-14-24/h1-11,13-14H,12H2,(H,23,27). The molecule has 29 heavy (non-hydrogen) atoms. The third-order valence-corrected chi connectivity index (χ3v) is 4.30. The van der Waals surface area contributed by atoms with Crippen LogP contribution in [0.3, 0.4) is 0 Å². The lowest BCUT2D eigenvalue weighted by Gasteiger charge is -2.07. The first-order chi connectivity index (χ1) is 14.1. The molecular weight excluding hydrogens is 372 g/mol. The van der Waals surface area contributed by atoms with Crippen molar-refractivity contribution in [3.8, 4) is 5.69 Å². The van der Waals surface area contributed by atoms with E-state index in [0.717, 1.165) is 5.56 Å². The summed E-state index contributed by atoms with van der Waals surface area (Å²) in [6, 6.07) is 14.1. The molecule has 4 rings (SSSR count). The molecule has 0 saturated carbocycles. The van der Waals surface area contributed by atoms with Crippen LogP contribution in [-0.2, 0) is 6.54 Å². The van der Waals surface area contributed by atoms with Crippen LogP contribution in [0.4, 0.5) is 11.4 Å². The smallest absolute Gasteiger partial charge is 0.294 e. The van der Waals surface area contributed by atoms with E-state index in [0.29, 0.717) is 17.9 Å². The molecule has 0 bridgehead atoms. The maximum absolute atomic E-state index is 12.6. The molecule has 0 aliphatic rings. The summed E-state index contributed by atoms with van der Waals surface area (Å²) in [5.41, 5.74) is 1.91. The number of carbonyl (C=O) groups is 1. The van der Waals surface area contributed by atoms with Crippen molar-refractivity contribution in [2.75, 3.05) is 5.32 Å². The highest BCUT2D eigenvalue weighted by Crippen LogP contribution is 2.24. The summed E-state index contributed by atoms with van der Waals surface area (Å²) < 4.78 is 3.23. The molecule has 0 unspecified atom stereocenters. The molecule has 2 aromatic carbocycles. The van der Waals surface area contributed by atoms with Crippen molar-refractivity contribution in [3.63, 3.8) is 0 Å². The summed E-state index contributed by atoms with van der Waals surface area (Å²) in [4.78, 5) is 27.4. The number of amides is 1. The van der Waals surface area contributed by atoms with Gasteiger partial charge in [0.2, 0.25) is 0 Å². The third kappa shape index (κ3) is 4.03. The van der Waals surface area contributed by atoms with Crippen molar-refractivity contribution < 1.29 is 9.72 Å². The Morgan fingerprint density at radius 1 is 1.17 bits per heavy atom. The van der Waals surface area contributed by atoms with E-state index in [1.165, 1.54) is 41.5 Å². The van der Waals surface area contributed by atoms with Gasteiger partial charge in [-0.2, -0.15) is 5.10 Å². The van der Waals surface area contributed by atoms with Gasteiger partial charge >= 0.3 is 0 Å². The van der Waals surface area contributed by atoms with E-state index in [1.807, 2.05) is 30.3 Å². The van der Waals surface area contributed by atoms with Gasteiger partial charge in [-0.05, 0) is 17.7 Å². The number of nitro groups is 1. The highest BCUT2D eigenvalue weighted by atomic mass is 16.6. The highest BCUT2D eigenvalue weighted by Gasteiger charge is 2.19. The third-order valence-electron chi connectivity index (χ3n) is 4.30. The minimum absolute atomic E-state index is 0.177. The molecule has 1 N–H and O–H groups in total. The van der Waals surface area contributed by atoms with Crippen LogP contribution in [0.2, 0.25) is 0 Å². The number of anilines is 1. The largest absolute Gasteiger partial charge is 0.319 e. The predicted molar refractivity (Wildman–Crippen MR) is 106 cm³/mol. The molecule has 0 radical (unpaired) electrons. The maximum Gasteiger partial charge on any atom is 0.294 e. The molecule has 1 amide bonds. The van der Waals surface area contributed by atoms with Gasteiger partial charge in [-0.15, -0.1) is 0 Å². The van der Waals surface area contributed by atoms with Crippen LogP contribution in [0, 0.1) is 10.1 Å². The summed E-state index contributed by atoms with van der Waals surface area (Å²) in [6.07, 6.45) is 7.83. The first kappa shape index (κ1) is 18.1. The van der Waals surface area contributed by atoms with Crippen LogP contribution in [0.15, 0.2) is 79.6 Å². The number of nitrogens with one attached hydrogen (secondary N) is 1. The Labute approximate surface area is 165 Å². The second-order valence-electron chi connectivity index (χ2n) is 6.30. The monoisotopic (exact) mass is 388 g/mol. The van der Waals surface area contributed by atoms with Crippen molar-refractivity contribution in [2.24, 2.45) is 0 Å². The van der Waals surface area contributed by atoms with E-state index in [1.54, 1.807) is 17.1 Å². The van der Waals surface area contributed by atoms with Crippen LogP contribution in [0.5, 0.6) is 0 Å². The van der Waals surface area contributed by atoms with Crippen LogP contribution in [0.1, 0.15) is 15.9 Å². The fourth-order valence-electron chi connectivity index (χ4n) is 2.92. The van der Waals surface area contributed by atoms with Crippen molar-refractivity contribution >= 4 is 17.3 Å². The molecule has 0 aliphatic heterocycles. The van der Waals surface area contributed by atoms with Crippen LogP contribution < -0.4 is 5.32 Å². The van der Waals surface area contributed by atoms with E-state index >= 15 is 0 Å². The van der Waals surface area contributed by atoms with Crippen molar-refractivity contribution in [3.05, 3.63) is 101 Å². The average Bonchev–Trinajstić information content (AvgIpc) is 3.40. The molecule has 0 aliphatic carbocycles. The summed E-state index contributed by atoms with van der Waals surface area (Å²) >= 11 is 0. The predicted octanol–water partition coefficient (Wildman–Crippen LogP) is 3.28. The highest BCUT2D eigenvalue weighted by molar-refractivity contribution is 6.04. The van der Waals surface area contributed by atoms with Gasteiger partial charge in [0, 0.05) is 30.2 Å². The van der Waals surface area contributed by atoms with Gasteiger partial charge in [0.05, 0.1) is 29.7 Å². The fraction of sp³-hybridized carbons (Fsp3) is 0.0500. The SMILES string of the molecule is O=C(Nc1cnn(Cc2ccccc2)c1)c1ccc(-n2ccnc2)c([N+](=O)[O-])c1. The Morgan fingerprint density at radius 2 is 2.00 bits per heavy atom. The number of imidazole rings is 1. The number of nitro benzene ring substituents is 1. The molecule has 2 aromatic heterocycles.